The van der Waals surface area contributed by atoms with Crippen LogP contribution >= 0.6 is 0 Å². The van der Waals surface area contributed by atoms with Gasteiger partial charge in [-0.05, 0) is 20.5 Å². The van der Waals surface area contributed by atoms with Gasteiger partial charge >= 0.3 is 11.7 Å². The van der Waals surface area contributed by atoms with Crippen LogP contribution in [-0.2, 0) is 0 Å². The number of hydrogen-bond donors (Lipinski definition) is 1. The van der Waals surface area contributed by atoms with Crippen LogP contribution in [0, 0.1) is 10.1 Å². The summed E-state index contributed by atoms with van der Waals surface area (Å²) in [5.41, 5.74) is -0.461. The summed E-state index contributed by atoms with van der Waals surface area (Å²) in [5, 5.41) is 20.1. The number of aromatic nitrogens is 1. The molecule has 1 rings (SSSR count). The van der Waals surface area contributed by atoms with Crippen LogP contribution in [0.3, 0.4) is 0 Å². The lowest BCUT2D eigenvalue weighted by atomic mass is 10.2. The summed E-state index contributed by atoms with van der Waals surface area (Å²) in [5.74, 6) is -1.01. The first kappa shape index (κ1) is 16.8. The maximum Gasteiger partial charge on any atom is 0.337 e. The SMILES string of the molecule is CCCN(CCN(C)C)c1ncc(C(=O)O)cc1[N+](=O)[O-]. The second-order valence-corrected chi connectivity index (χ2v) is 4.92. The number of carboxylic acids is 1. The zero-order chi connectivity index (χ0) is 16.0. The summed E-state index contributed by atoms with van der Waals surface area (Å²) in [6.07, 6.45) is 1.97. The standard InChI is InChI=1S/C13H20N4O4/c1-4-5-16(7-6-15(2)3)12-11(17(20)21)8-10(9-14-12)13(18)19/h8-9H,4-7H2,1-3H3,(H,18,19). The van der Waals surface area contributed by atoms with Crippen molar-refractivity contribution in [2.45, 2.75) is 13.3 Å². The highest BCUT2D eigenvalue weighted by Gasteiger charge is 2.23. The molecule has 21 heavy (non-hydrogen) atoms. The van der Waals surface area contributed by atoms with E-state index < -0.39 is 10.9 Å². The molecule has 0 aliphatic heterocycles. The molecule has 8 nitrogen and oxygen atoms in total. The minimum atomic E-state index is -1.23. The maximum absolute atomic E-state index is 11.2. The van der Waals surface area contributed by atoms with Crippen molar-refractivity contribution in [3.63, 3.8) is 0 Å². The van der Waals surface area contributed by atoms with Gasteiger partial charge in [-0.3, -0.25) is 10.1 Å². The van der Waals surface area contributed by atoms with Crippen molar-refractivity contribution in [1.29, 1.82) is 0 Å². The second kappa shape index (κ2) is 7.53. The number of likely N-dealkylation sites (N-methyl/N-ethyl adjacent to an activating group) is 1. The van der Waals surface area contributed by atoms with Crippen molar-refractivity contribution in [2.24, 2.45) is 0 Å². The Bertz CT molecular complexity index is 519. The van der Waals surface area contributed by atoms with Gasteiger partial charge in [0.2, 0.25) is 5.82 Å². The zero-order valence-corrected chi connectivity index (χ0v) is 12.4. The number of aromatic carboxylic acids is 1. The highest BCUT2D eigenvalue weighted by atomic mass is 16.6. The van der Waals surface area contributed by atoms with E-state index >= 15 is 0 Å². The van der Waals surface area contributed by atoms with Crippen LogP contribution < -0.4 is 4.90 Å². The van der Waals surface area contributed by atoms with E-state index in [-0.39, 0.29) is 17.1 Å². The van der Waals surface area contributed by atoms with Gasteiger partial charge in [-0.2, -0.15) is 0 Å². The van der Waals surface area contributed by atoms with Gasteiger partial charge in [0.15, 0.2) is 0 Å². The molecule has 1 heterocycles. The van der Waals surface area contributed by atoms with Gasteiger partial charge in [0.1, 0.15) is 0 Å². The van der Waals surface area contributed by atoms with E-state index in [2.05, 4.69) is 4.98 Å². The molecule has 116 valence electrons. The minimum absolute atomic E-state index is 0.186. The van der Waals surface area contributed by atoms with Crippen LogP contribution in [0.4, 0.5) is 11.5 Å². The van der Waals surface area contributed by atoms with Gasteiger partial charge in [-0.25, -0.2) is 9.78 Å². The maximum atomic E-state index is 11.2. The average Bonchev–Trinajstić information content (AvgIpc) is 2.42. The number of carbonyl (C=O) groups is 1. The average molecular weight is 296 g/mol. The highest BCUT2D eigenvalue weighted by molar-refractivity contribution is 5.88. The predicted octanol–water partition coefficient (Wildman–Crippen LogP) is 1.47. The molecule has 0 saturated heterocycles. The number of carboxylic acid groups (broad SMARTS) is 1. The first-order valence-electron chi connectivity index (χ1n) is 6.64. The predicted molar refractivity (Wildman–Crippen MR) is 78.9 cm³/mol. The Kier molecular flexibility index (Phi) is 6.04. The number of hydrogen-bond acceptors (Lipinski definition) is 6. The molecule has 1 aromatic heterocycles. The van der Waals surface area contributed by atoms with E-state index in [4.69, 9.17) is 5.11 Å². The van der Waals surface area contributed by atoms with Gasteiger partial charge in [0.05, 0.1) is 10.5 Å². The third-order valence-corrected chi connectivity index (χ3v) is 2.90. The van der Waals surface area contributed by atoms with E-state index in [1.165, 1.54) is 0 Å². The van der Waals surface area contributed by atoms with Crippen LogP contribution in [0.2, 0.25) is 0 Å². The number of nitro groups is 1. The molecule has 1 N–H and O–H groups in total. The quantitative estimate of drug-likeness (QED) is 0.572. The fourth-order valence-electron chi connectivity index (χ4n) is 1.86. The van der Waals surface area contributed by atoms with E-state index in [0.29, 0.717) is 13.1 Å². The van der Waals surface area contributed by atoms with Gasteiger partial charge in [-0.1, -0.05) is 6.92 Å². The number of nitrogens with zero attached hydrogens (tertiary/aromatic N) is 4. The van der Waals surface area contributed by atoms with Crippen LogP contribution in [0.15, 0.2) is 12.3 Å². The summed E-state index contributed by atoms with van der Waals surface area (Å²) in [6.45, 7) is 3.90. The van der Waals surface area contributed by atoms with Crippen molar-refractivity contribution in [3.8, 4) is 0 Å². The van der Waals surface area contributed by atoms with Crippen molar-refractivity contribution >= 4 is 17.5 Å². The molecule has 0 aromatic carbocycles. The molecule has 0 radical (unpaired) electrons. The normalized spacial score (nSPS) is 10.7. The summed E-state index contributed by atoms with van der Waals surface area (Å²) in [6, 6.07) is 1.06. The van der Waals surface area contributed by atoms with E-state index in [9.17, 15) is 14.9 Å². The van der Waals surface area contributed by atoms with Gasteiger partial charge < -0.3 is 14.9 Å². The Morgan fingerprint density at radius 2 is 2.05 bits per heavy atom. The summed E-state index contributed by atoms with van der Waals surface area (Å²) < 4.78 is 0. The summed E-state index contributed by atoms with van der Waals surface area (Å²) >= 11 is 0. The molecular weight excluding hydrogens is 276 g/mol. The van der Waals surface area contributed by atoms with Crippen molar-refractivity contribution < 1.29 is 14.8 Å². The van der Waals surface area contributed by atoms with Gasteiger partial charge in [0.25, 0.3) is 0 Å². The second-order valence-electron chi connectivity index (χ2n) is 4.92. The third kappa shape index (κ3) is 4.67. The molecule has 0 atom stereocenters. The Morgan fingerprint density at radius 3 is 2.52 bits per heavy atom. The van der Waals surface area contributed by atoms with E-state index in [1.807, 2.05) is 30.8 Å². The lowest BCUT2D eigenvalue weighted by Gasteiger charge is -2.24. The molecule has 0 fully saturated rings. The molecule has 0 spiro atoms. The zero-order valence-electron chi connectivity index (χ0n) is 12.4. The largest absolute Gasteiger partial charge is 0.478 e. The molecule has 0 saturated carbocycles. The van der Waals surface area contributed by atoms with Crippen LogP contribution in [0.1, 0.15) is 23.7 Å². The Hall–Kier alpha value is -2.22. The van der Waals surface area contributed by atoms with Crippen LogP contribution in [0.5, 0.6) is 0 Å². The third-order valence-electron chi connectivity index (χ3n) is 2.90. The summed E-state index contributed by atoms with van der Waals surface area (Å²) in [7, 11) is 3.83. The lowest BCUT2D eigenvalue weighted by molar-refractivity contribution is -0.384. The highest BCUT2D eigenvalue weighted by Crippen LogP contribution is 2.26. The van der Waals surface area contributed by atoms with Crippen molar-refractivity contribution in [3.05, 3.63) is 27.9 Å². The fourth-order valence-corrected chi connectivity index (χ4v) is 1.86. The van der Waals surface area contributed by atoms with Crippen LogP contribution in [-0.4, -0.2) is 59.6 Å². The molecule has 0 aliphatic carbocycles. The Morgan fingerprint density at radius 1 is 1.38 bits per heavy atom. The number of pyridine rings is 1. The molecule has 0 unspecified atom stereocenters. The molecule has 0 aliphatic rings. The van der Waals surface area contributed by atoms with Crippen LogP contribution in [0.25, 0.3) is 0 Å². The number of anilines is 1. The molecule has 8 heteroatoms. The minimum Gasteiger partial charge on any atom is -0.478 e. The van der Waals surface area contributed by atoms with E-state index in [1.54, 1.807) is 0 Å². The van der Waals surface area contributed by atoms with Crippen molar-refractivity contribution in [2.75, 3.05) is 38.6 Å². The Balaban J connectivity index is 3.16. The molecule has 1 aromatic rings. The first-order valence-corrected chi connectivity index (χ1v) is 6.64. The van der Waals surface area contributed by atoms with Gasteiger partial charge in [-0.15, -0.1) is 0 Å². The smallest absolute Gasteiger partial charge is 0.337 e. The van der Waals surface area contributed by atoms with Crippen molar-refractivity contribution in [1.82, 2.24) is 9.88 Å². The fraction of sp³-hybridized carbons (Fsp3) is 0.538. The lowest BCUT2D eigenvalue weighted by Crippen LogP contribution is -2.33. The monoisotopic (exact) mass is 296 g/mol. The molecular formula is C13H20N4O4. The Labute approximate surface area is 123 Å². The summed E-state index contributed by atoms with van der Waals surface area (Å²) in [4.78, 5) is 29.3. The first-order chi connectivity index (χ1) is 9.86. The number of rotatable bonds is 8. The molecule has 0 bridgehead atoms. The van der Waals surface area contributed by atoms with Gasteiger partial charge in [0, 0.05) is 31.9 Å². The van der Waals surface area contributed by atoms with E-state index in [0.717, 1.165) is 25.2 Å². The molecule has 0 amide bonds. The topological polar surface area (TPSA) is 99.8 Å².